The minimum Gasteiger partial charge on any atom is -0.496 e. The van der Waals surface area contributed by atoms with Crippen molar-refractivity contribution < 1.29 is 9.30 Å². The lowest BCUT2D eigenvalue weighted by molar-refractivity contribution is 0.417. The van der Waals surface area contributed by atoms with Crippen molar-refractivity contribution in [1.29, 1.82) is 0 Å². The number of fused-ring (bicyclic) bond motifs is 2. The van der Waals surface area contributed by atoms with E-state index < -0.39 is 7.14 Å². The van der Waals surface area contributed by atoms with Crippen molar-refractivity contribution in [2.24, 2.45) is 0 Å². The molecule has 0 N–H and O–H groups in total. The Balaban J connectivity index is 1.71. The minimum absolute atomic E-state index is 0.301. The summed E-state index contributed by atoms with van der Waals surface area (Å²) in [5, 5.41) is 5.88. The number of hydrogen-bond donors (Lipinski definition) is 0. The van der Waals surface area contributed by atoms with Gasteiger partial charge in [0, 0.05) is 27.7 Å². The largest absolute Gasteiger partial charge is 0.496 e. The highest BCUT2D eigenvalue weighted by Gasteiger charge is 2.44. The first-order chi connectivity index (χ1) is 17.7. The van der Waals surface area contributed by atoms with Crippen LogP contribution in [-0.2, 0) is 4.57 Å². The van der Waals surface area contributed by atoms with Crippen LogP contribution in [0.5, 0.6) is 5.75 Å². The number of rotatable bonds is 5. The summed E-state index contributed by atoms with van der Waals surface area (Å²) in [6.45, 7) is 0. The maximum absolute atomic E-state index is 15.9. The van der Waals surface area contributed by atoms with Gasteiger partial charge in [-0.2, -0.15) is 0 Å². The molecule has 4 aromatic carbocycles. The molecule has 0 unspecified atom stereocenters. The van der Waals surface area contributed by atoms with Crippen LogP contribution < -0.4 is 10.0 Å². The van der Waals surface area contributed by atoms with E-state index in [-0.39, 0.29) is 0 Å². The summed E-state index contributed by atoms with van der Waals surface area (Å²) in [7, 11) is -0.930. The third kappa shape index (κ3) is 3.99. The van der Waals surface area contributed by atoms with Gasteiger partial charge in [0.05, 0.1) is 7.11 Å². The SMILES string of the molecule is COc1ccc2ccccc2c1-c1c(P(=O)(C2CCCCC2)C2CCCCC2)ccc2ccccc12. The van der Waals surface area contributed by atoms with Gasteiger partial charge in [-0.05, 0) is 53.3 Å². The van der Waals surface area contributed by atoms with Gasteiger partial charge in [-0.15, -0.1) is 0 Å². The molecule has 2 saturated carbocycles. The molecule has 2 aliphatic rings. The molecule has 6 rings (SSSR count). The summed E-state index contributed by atoms with van der Waals surface area (Å²) < 4.78 is 21.9. The fraction of sp³-hybridized carbons (Fsp3) is 0.394. The molecule has 36 heavy (non-hydrogen) atoms. The van der Waals surface area contributed by atoms with Crippen LogP contribution in [0.15, 0.2) is 72.8 Å². The van der Waals surface area contributed by atoms with Crippen LogP contribution >= 0.6 is 7.14 Å². The zero-order valence-corrected chi connectivity index (χ0v) is 22.3. The minimum atomic E-state index is -2.69. The van der Waals surface area contributed by atoms with Crippen LogP contribution in [0, 0.1) is 0 Å². The lowest BCUT2D eigenvalue weighted by atomic mass is 9.93. The fourth-order valence-electron chi connectivity index (χ4n) is 7.11. The van der Waals surface area contributed by atoms with Crippen LogP contribution in [0.1, 0.15) is 64.2 Å². The zero-order chi connectivity index (χ0) is 24.5. The summed E-state index contributed by atoms with van der Waals surface area (Å²) in [6.07, 6.45) is 11.8. The molecule has 0 radical (unpaired) electrons. The Bertz CT molecular complexity index is 1400. The number of ether oxygens (including phenoxy) is 1. The second-order valence-electron chi connectivity index (χ2n) is 10.8. The average Bonchev–Trinajstić information content (AvgIpc) is 2.96. The number of benzene rings is 4. The lowest BCUT2D eigenvalue weighted by Crippen LogP contribution is -2.30. The maximum Gasteiger partial charge on any atom is 0.127 e. The molecule has 2 nitrogen and oxygen atoms in total. The molecule has 4 aromatic rings. The Morgan fingerprint density at radius 3 is 1.67 bits per heavy atom. The molecular formula is C33H37O2P. The quantitative estimate of drug-likeness (QED) is 0.257. The van der Waals surface area contributed by atoms with E-state index in [1.165, 1.54) is 60.1 Å². The average molecular weight is 497 g/mol. The van der Waals surface area contributed by atoms with Gasteiger partial charge in [0.2, 0.25) is 0 Å². The van der Waals surface area contributed by atoms with Gasteiger partial charge in [-0.3, -0.25) is 0 Å². The summed E-state index contributed by atoms with van der Waals surface area (Å²) in [4.78, 5) is 0. The van der Waals surface area contributed by atoms with E-state index in [0.29, 0.717) is 11.3 Å². The molecule has 0 bridgehead atoms. The summed E-state index contributed by atoms with van der Waals surface area (Å²) >= 11 is 0. The Morgan fingerprint density at radius 2 is 1.11 bits per heavy atom. The molecule has 0 aromatic heterocycles. The first-order valence-electron chi connectivity index (χ1n) is 13.9. The van der Waals surface area contributed by atoms with E-state index in [1.54, 1.807) is 7.11 Å². The van der Waals surface area contributed by atoms with Crippen molar-refractivity contribution in [1.82, 2.24) is 0 Å². The first kappa shape index (κ1) is 23.8. The second kappa shape index (κ2) is 10.1. The van der Waals surface area contributed by atoms with Crippen molar-refractivity contribution in [3.63, 3.8) is 0 Å². The third-order valence-corrected chi connectivity index (χ3v) is 13.2. The summed E-state index contributed by atoms with van der Waals surface area (Å²) in [6, 6.07) is 25.9. The van der Waals surface area contributed by atoms with Crippen molar-refractivity contribution >= 4 is 34.0 Å². The summed E-state index contributed by atoms with van der Waals surface area (Å²) in [5.74, 6) is 0.866. The molecule has 0 saturated heterocycles. The van der Waals surface area contributed by atoms with Crippen molar-refractivity contribution in [2.75, 3.05) is 7.11 Å². The third-order valence-electron chi connectivity index (χ3n) is 8.88. The monoisotopic (exact) mass is 496 g/mol. The van der Waals surface area contributed by atoms with Crippen LogP contribution in [0.2, 0.25) is 0 Å². The van der Waals surface area contributed by atoms with Gasteiger partial charge < -0.3 is 9.30 Å². The second-order valence-corrected chi connectivity index (χ2v) is 14.2. The molecule has 0 amide bonds. The molecule has 0 aliphatic heterocycles. The van der Waals surface area contributed by atoms with Gasteiger partial charge >= 0.3 is 0 Å². The first-order valence-corrected chi connectivity index (χ1v) is 15.7. The van der Waals surface area contributed by atoms with Crippen molar-refractivity contribution in [3.8, 4) is 16.9 Å². The van der Waals surface area contributed by atoms with Gasteiger partial charge in [0.15, 0.2) is 0 Å². The van der Waals surface area contributed by atoms with Crippen LogP contribution in [-0.4, -0.2) is 18.4 Å². The predicted octanol–water partition coefficient (Wildman–Crippen LogP) is 9.32. The molecule has 2 fully saturated rings. The fourth-order valence-corrected chi connectivity index (χ4v) is 11.7. The Hall–Kier alpha value is -2.57. The smallest absolute Gasteiger partial charge is 0.127 e. The standard InChI is InChI=1S/C33H37O2P/c1-35-30-22-20-24-12-8-10-18-28(24)32(30)33-29-19-11-9-13-25(29)21-23-31(33)36(34,26-14-4-2-5-15-26)27-16-6-3-7-17-27/h8-13,18-23,26-27H,2-7,14-17H2,1H3. The normalized spacial score (nSPS) is 18.0. The molecule has 0 heterocycles. The van der Waals surface area contributed by atoms with Crippen molar-refractivity contribution in [2.45, 2.75) is 75.5 Å². The molecule has 0 atom stereocenters. The topological polar surface area (TPSA) is 26.3 Å². The number of methoxy groups -OCH3 is 1. The highest BCUT2D eigenvalue weighted by atomic mass is 31.2. The molecule has 3 heteroatoms. The van der Waals surface area contributed by atoms with E-state index in [0.717, 1.165) is 47.9 Å². The van der Waals surface area contributed by atoms with Gasteiger partial charge in [-0.1, -0.05) is 105 Å². The molecule has 0 spiro atoms. The molecule has 2 aliphatic carbocycles. The van der Waals surface area contributed by atoms with E-state index in [4.69, 9.17) is 4.74 Å². The van der Waals surface area contributed by atoms with Gasteiger partial charge in [-0.25, -0.2) is 0 Å². The lowest BCUT2D eigenvalue weighted by Gasteiger charge is -2.39. The zero-order valence-electron chi connectivity index (χ0n) is 21.4. The van der Waals surface area contributed by atoms with E-state index in [9.17, 15) is 0 Å². The maximum atomic E-state index is 15.9. The Kier molecular flexibility index (Phi) is 6.65. The highest BCUT2D eigenvalue weighted by Crippen LogP contribution is 2.63. The highest BCUT2D eigenvalue weighted by molar-refractivity contribution is 7.73. The van der Waals surface area contributed by atoms with E-state index in [2.05, 4.69) is 72.8 Å². The van der Waals surface area contributed by atoms with Crippen LogP contribution in [0.25, 0.3) is 32.7 Å². The molecule has 186 valence electrons. The van der Waals surface area contributed by atoms with E-state index in [1.807, 2.05) is 0 Å². The van der Waals surface area contributed by atoms with Crippen LogP contribution in [0.4, 0.5) is 0 Å². The Labute approximate surface area is 215 Å². The van der Waals surface area contributed by atoms with Crippen LogP contribution in [0.3, 0.4) is 0 Å². The van der Waals surface area contributed by atoms with E-state index >= 15 is 4.57 Å². The van der Waals surface area contributed by atoms with Gasteiger partial charge in [0.25, 0.3) is 0 Å². The summed E-state index contributed by atoms with van der Waals surface area (Å²) in [5.41, 5.74) is 2.86. The Morgan fingerprint density at radius 1 is 0.611 bits per heavy atom. The molecular weight excluding hydrogens is 459 g/mol. The van der Waals surface area contributed by atoms with Crippen molar-refractivity contribution in [3.05, 3.63) is 72.8 Å². The predicted molar refractivity (Wildman–Crippen MR) is 154 cm³/mol. The number of hydrogen-bond acceptors (Lipinski definition) is 2. The van der Waals surface area contributed by atoms with Gasteiger partial charge in [0.1, 0.15) is 12.9 Å².